The van der Waals surface area contributed by atoms with E-state index in [-0.39, 0.29) is 5.69 Å². The number of carbonyl (C=O) groups excluding carboxylic acids is 1. The van der Waals surface area contributed by atoms with E-state index in [2.05, 4.69) is 20.0 Å². The lowest BCUT2D eigenvalue weighted by atomic mass is 10.2. The summed E-state index contributed by atoms with van der Waals surface area (Å²) in [5.41, 5.74) is 1.50. The third-order valence-electron chi connectivity index (χ3n) is 3.38. The van der Waals surface area contributed by atoms with Crippen molar-refractivity contribution in [3.63, 3.8) is 0 Å². The van der Waals surface area contributed by atoms with Gasteiger partial charge in [-0.2, -0.15) is 0 Å². The van der Waals surface area contributed by atoms with Gasteiger partial charge in [0.15, 0.2) is 0 Å². The Morgan fingerprint density at radius 2 is 2.04 bits per heavy atom. The second-order valence-electron chi connectivity index (χ2n) is 4.88. The summed E-state index contributed by atoms with van der Waals surface area (Å²) < 4.78 is 4.69. The summed E-state index contributed by atoms with van der Waals surface area (Å²) in [4.78, 5) is 30.3. The molecule has 1 heterocycles. The van der Waals surface area contributed by atoms with E-state index in [1.54, 1.807) is 30.3 Å². The lowest BCUT2D eigenvalue weighted by molar-refractivity contribution is -0.384. The summed E-state index contributed by atoms with van der Waals surface area (Å²) in [5.74, 6) is -0.0486. The zero-order chi connectivity index (χ0) is 17.1. The number of non-ortho nitro benzene ring substituents is 1. The first-order valence-corrected chi connectivity index (χ1v) is 6.93. The average Bonchev–Trinajstić information content (AvgIpc) is 2.61. The summed E-state index contributed by atoms with van der Waals surface area (Å²) in [6.07, 6.45) is 1.36. The normalized spacial score (nSPS) is 10.4. The van der Waals surface area contributed by atoms with Gasteiger partial charge in [-0.1, -0.05) is 6.07 Å². The van der Waals surface area contributed by atoms with E-state index in [0.29, 0.717) is 28.0 Å². The first-order valence-electron chi connectivity index (χ1n) is 6.93. The molecule has 3 rings (SSSR count). The van der Waals surface area contributed by atoms with Crippen LogP contribution in [-0.4, -0.2) is 28.0 Å². The van der Waals surface area contributed by atoms with Crippen molar-refractivity contribution in [3.05, 3.63) is 64.5 Å². The number of ether oxygens (including phenoxy) is 1. The predicted octanol–water partition coefficient (Wildman–Crippen LogP) is 3.07. The Kier molecular flexibility index (Phi) is 4.02. The number of methoxy groups -OCH3 is 1. The van der Waals surface area contributed by atoms with Gasteiger partial charge in [0.1, 0.15) is 12.1 Å². The Bertz CT molecular complexity index is 942. The molecular formula is C16H12N4O4. The van der Waals surface area contributed by atoms with Gasteiger partial charge in [-0.05, 0) is 24.3 Å². The Hall–Kier alpha value is -3.55. The predicted molar refractivity (Wildman–Crippen MR) is 87.3 cm³/mol. The first-order chi connectivity index (χ1) is 11.6. The first kappa shape index (κ1) is 15.3. The second kappa shape index (κ2) is 6.29. The summed E-state index contributed by atoms with van der Waals surface area (Å²) in [5, 5.41) is 14.5. The molecule has 0 saturated heterocycles. The van der Waals surface area contributed by atoms with Crippen LogP contribution >= 0.6 is 0 Å². The third-order valence-corrected chi connectivity index (χ3v) is 3.38. The number of nitrogens with one attached hydrogen (secondary N) is 1. The molecule has 0 atom stereocenters. The van der Waals surface area contributed by atoms with Crippen molar-refractivity contribution in [1.82, 2.24) is 9.97 Å². The topological polar surface area (TPSA) is 107 Å². The minimum absolute atomic E-state index is 0.0522. The Morgan fingerprint density at radius 3 is 2.79 bits per heavy atom. The van der Waals surface area contributed by atoms with Crippen molar-refractivity contribution >= 4 is 34.1 Å². The number of aromatic nitrogens is 2. The van der Waals surface area contributed by atoms with Crippen LogP contribution in [0.1, 0.15) is 10.4 Å². The van der Waals surface area contributed by atoms with Gasteiger partial charge in [0.05, 0.1) is 23.1 Å². The highest BCUT2D eigenvalue weighted by Crippen LogP contribution is 2.26. The maximum Gasteiger partial charge on any atom is 0.337 e. The van der Waals surface area contributed by atoms with Crippen LogP contribution in [0.5, 0.6) is 0 Å². The molecule has 0 fully saturated rings. The fraction of sp³-hybridized carbons (Fsp3) is 0.0625. The molecule has 0 radical (unpaired) electrons. The molecule has 0 aliphatic heterocycles. The number of nitrogens with zero attached hydrogens (tertiary/aromatic N) is 3. The van der Waals surface area contributed by atoms with Gasteiger partial charge in [0.25, 0.3) is 5.69 Å². The molecule has 8 nitrogen and oxygen atoms in total. The van der Waals surface area contributed by atoms with Gasteiger partial charge >= 0.3 is 5.97 Å². The maximum atomic E-state index is 11.6. The quantitative estimate of drug-likeness (QED) is 0.446. The molecule has 1 aromatic heterocycles. The highest BCUT2D eigenvalue weighted by atomic mass is 16.6. The van der Waals surface area contributed by atoms with Gasteiger partial charge in [-0.15, -0.1) is 0 Å². The smallest absolute Gasteiger partial charge is 0.337 e. The molecule has 8 heteroatoms. The van der Waals surface area contributed by atoms with Gasteiger partial charge in [0.2, 0.25) is 0 Å². The number of benzene rings is 2. The standard InChI is InChI=1S/C16H12N4O4/c1-24-16(21)10-3-2-4-11(7-10)19-15-13-8-12(20(22)23)5-6-14(13)17-9-18-15/h2-9H,1H3,(H,17,18,19). The molecule has 0 unspecified atom stereocenters. The van der Waals surface area contributed by atoms with Crippen molar-refractivity contribution < 1.29 is 14.5 Å². The number of hydrogen-bond donors (Lipinski definition) is 1. The number of anilines is 2. The van der Waals surface area contributed by atoms with Gasteiger partial charge in [-0.3, -0.25) is 10.1 Å². The van der Waals surface area contributed by atoms with Crippen LogP contribution < -0.4 is 5.32 Å². The van der Waals surface area contributed by atoms with Gasteiger partial charge in [0, 0.05) is 23.2 Å². The molecule has 0 bridgehead atoms. The van der Waals surface area contributed by atoms with E-state index in [1.165, 1.54) is 25.6 Å². The molecule has 2 aromatic carbocycles. The SMILES string of the molecule is COC(=O)c1cccc(Nc2ncnc3ccc([N+](=O)[O-])cc23)c1. The van der Waals surface area contributed by atoms with Crippen LogP contribution in [0.3, 0.4) is 0 Å². The number of nitro benzene ring substituents is 1. The van der Waals surface area contributed by atoms with E-state index in [4.69, 9.17) is 0 Å². The highest BCUT2D eigenvalue weighted by Gasteiger charge is 2.12. The Labute approximate surface area is 136 Å². The van der Waals surface area contributed by atoms with E-state index < -0.39 is 10.9 Å². The molecule has 0 spiro atoms. The fourth-order valence-electron chi connectivity index (χ4n) is 2.24. The molecular weight excluding hydrogens is 312 g/mol. The zero-order valence-corrected chi connectivity index (χ0v) is 12.6. The number of esters is 1. The van der Waals surface area contributed by atoms with Crippen molar-refractivity contribution in [1.29, 1.82) is 0 Å². The molecule has 0 aliphatic rings. The van der Waals surface area contributed by atoms with E-state index in [0.717, 1.165) is 0 Å². The maximum absolute atomic E-state index is 11.6. The van der Waals surface area contributed by atoms with Crippen molar-refractivity contribution in [3.8, 4) is 0 Å². The number of rotatable bonds is 4. The lowest BCUT2D eigenvalue weighted by Crippen LogP contribution is -2.02. The van der Waals surface area contributed by atoms with Crippen LogP contribution in [-0.2, 0) is 4.74 Å². The lowest BCUT2D eigenvalue weighted by Gasteiger charge is -2.09. The van der Waals surface area contributed by atoms with E-state index in [9.17, 15) is 14.9 Å². The van der Waals surface area contributed by atoms with Crippen LogP contribution in [0.2, 0.25) is 0 Å². The van der Waals surface area contributed by atoms with Crippen LogP contribution in [0.4, 0.5) is 17.2 Å². The van der Waals surface area contributed by atoms with Crippen molar-refractivity contribution in [2.75, 3.05) is 12.4 Å². The van der Waals surface area contributed by atoms with Crippen molar-refractivity contribution in [2.45, 2.75) is 0 Å². The Morgan fingerprint density at radius 1 is 1.21 bits per heavy atom. The highest BCUT2D eigenvalue weighted by molar-refractivity contribution is 5.93. The van der Waals surface area contributed by atoms with Crippen LogP contribution in [0, 0.1) is 10.1 Å². The molecule has 0 amide bonds. The number of hydrogen-bond acceptors (Lipinski definition) is 7. The van der Waals surface area contributed by atoms with Gasteiger partial charge < -0.3 is 10.1 Å². The Balaban J connectivity index is 2.02. The second-order valence-corrected chi connectivity index (χ2v) is 4.88. The third kappa shape index (κ3) is 2.98. The minimum Gasteiger partial charge on any atom is -0.465 e. The molecule has 24 heavy (non-hydrogen) atoms. The summed E-state index contributed by atoms with van der Waals surface area (Å²) in [6, 6.07) is 11.0. The van der Waals surface area contributed by atoms with Crippen LogP contribution in [0.25, 0.3) is 10.9 Å². The molecule has 3 aromatic rings. The summed E-state index contributed by atoms with van der Waals surface area (Å²) in [6.45, 7) is 0. The molecule has 1 N–H and O–H groups in total. The largest absolute Gasteiger partial charge is 0.465 e. The molecule has 0 aliphatic carbocycles. The monoisotopic (exact) mass is 324 g/mol. The van der Waals surface area contributed by atoms with E-state index in [1.807, 2.05) is 0 Å². The van der Waals surface area contributed by atoms with Gasteiger partial charge in [-0.25, -0.2) is 14.8 Å². The zero-order valence-electron chi connectivity index (χ0n) is 12.6. The fourth-order valence-corrected chi connectivity index (χ4v) is 2.24. The van der Waals surface area contributed by atoms with Crippen LogP contribution in [0.15, 0.2) is 48.8 Å². The van der Waals surface area contributed by atoms with E-state index >= 15 is 0 Å². The minimum atomic E-state index is -0.478. The number of fused-ring (bicyclic) bond motifs is 1. The average molecular weight is 324 g/mol. The van der Waals surface area contributed by atoms with Crippen molar-refractivity contribution in [2.24, 2.45) is 0 Å². The number of carbonyl (C=O) groups is 1. The molecule has 0 saturated carbocycles. The summed E-state index contributed by atoms with van der Waals surface area (Å²) >= 11 is 0. The molecule has 120 valence electrons. The summed E-state index contributed by atoms with van der Waals surface area (Å²) in [7, 11) is 1.31. The number of nitro groups is 1.